The standard InChI is InChI=1S/C15H16O2/c1-4-7-11-10-14(16)12(8-5-2)13(9-6-3)15(11)17/h4-6,10H,1-3,7-9H2. The van der Waals surface area contributed by atoms with Crippen LogP contribution >= 0.6 is 0 Å². The Morgan fingerprint density at radius 2 is 1.41 bits per heavy atom. The van der Waals surface area contributed by atoms with Crippen LogP contribution < -0.4 is 0 Å². The maximum atomic E-state index is 12.1. The molecule has 0 aromatic rings. The van der Waals surface area contributed by atoms with E-state index >= 15 is 0 Å². The Hall–Kier alpha value is -1.96. The molecule has 1 aliphatic carbocycles. The molecule has 0 saturated carbocycles. The summed E-state index contributed by atoms with van der Waals surface area (Å²) in [5, 5.41) is 0. The molecule has 1 rings (SSSR count). The van der Waals surface area contributed by atoms with Crippen molar-refractivity contribution in [1.29, 1.82) is 0 Å². The van der Waals surface area contributed by atoms with Crippen molar-refractivity contribution in [2.75, 3.05) is 0 Å². The van der Waals surface area contributed by atoms with Gasteiger partial charge in [0, 0.05) is 16.7 Å². The maximum absolute atomic E-state index is 12.1. The van der Waals surface area contributed by atoms with Crippen LogP contribution in [-0.4, -0.2) is 11.6 Å². The molecular weight excluding hydrogens is 212 g/mol. The lowest BCUT2D eigenvalue weighted by Crippen LogP contribution is -2.19. The summed E-state index contributed by atoms with van der Waals surface area (Å²) in [5.74, 6) is -0.167. The first-order chi connectivity index (χ1) is 8.15. The first-order valence-electron chi connectivity index (χ1n) is 5.50. The van der Waals surface area contributed by atoms with Crippen LogP contribution in [-0.2, 0) is 9.59 Å². The van der Waals surface area contributed by atoms with Gasteiger partial charge in [0.15, 0.2) is 11.6 Å². The molecule has 17 heavy (non-hydrogen) atoms. The Kier molecular flexibility index (Phi) is 4.58. The molecule has 0 radical (unpaired) electrons. The van der Waals surface area contributed by atoms with E-state index in [-0.39, 0.29) is 11.6 Å². The molecular formula is C15H16O2. The molecule has 2 heteroatoms. The van der Waals surface area contributed by atoms with Gasteiger partial charge in [0.05, 0.1) is 0 Å². The SMILES string of the molecule is C=CCC1=CC(=O)C(CC=C)=C(CC=C)C1=O. The number of allylic oxidation sites excluding steroid dienone is 7. The molecule has 0 saturated heterocycles. The number of Topliss-reactive ketones (excluding diaryl/α,β-unsaturated/α-hetero) is 1. The number of ketones is 2. The lowest BCUT2D eigenvalue weighted by atomic mass is 9.85. The van der Waals surface area contributed by atoms with Gasteiger partial charge in [-0.3, -0.25) is 9.59 Å². The summed E-state index contributed by atoms with van der Waals surface area (Å²) in [6.07, 6.45) is 7.58. The summed E-state index contributed by atoms with van der Waals surface area (Å²) in [5.41, 5.74) is 1.59. The van der Waals surface area contributed by atoms with Crippen molar-refractivity contribution in [3.63, 3.8) is 0 Å². The van der Waals surface area contributed by atoms with Crippen LogP contribution in [0.2, 0.25) is 0 Å². The molecule has 0 aliphatic heterocycles. The zero-order valence-corrected chi connectivity index (χ0v) is 9.87. The molecule has 2 nitrogen and oxygen atoms in total. The smallest absolute Gasteiger partial charge is 0.186 e. The van der Waals surface area contributed by atoms with E-state index < -0.39 is 0 Å². The molecule has 0 heterocycles. The number of hydrogen-bond donors (Lipinski definition) is 0. The van der Waals surface area contributed by atoms with E-state index in [0.29, 0.717) is 36.0 Å². The van der Waals surface area contributed by atoms with Crippen LogP contribution in [0, 0.1) is 0 Å². The monoisotopic (exact) mass is 228 g/mol. The fourth-order valence-corrected chi connectivity index (χ4v) is 1.83. The molecule has 0 fully saturated rings. The minimum atomic E-state index is -0.0989. The number of hydrogen-bond acceptors (Lipinski definition) is 2. The van der Waals surface area contributed by atoms with Gasteiger partial charge in [-0.1, -0.05) is 18.2 Å². The van der Waals surface area contributed by atoms with Gasteiger partial charge in [-0.25, -0.2) is 0 Å². The topological polar surface area (TPSA) is 34.1 Å². The van der Waals surface area contributed by atoms with Crippen LogP contribution in [0.4, 0.5) is 0 Å². The summed E-state index contributed by atoms with van der Waals surface area (Å²) in [7, 11) is 0. The van der Waals surface area contributed by atoms with Crippen LogP contribution in [0.1, 0.15) is 19.3 Å². The van der Waals surface area contributed by atoms with Crippen LogP contribution in [0.25, 0.3) is 0 Å². The zero-order valence-electron chi connectivity index (χ0n) is 9.87. The Labute approximate surface area is 102 Å². The van der Waals surface area contributed by atoms with Crippen molar-refractivity contribution in [1.82, 2.24) is 0 Å². The predicted octanol–water partition coefficient (Wildman–Crippen LogP) is 3.09. The fourth-order valence-electron chi connectivity index (χ4n) is 1.83. The summed E-state index contributed by atoms with van der Waals surface area (Å²) in [6.45, 7) is 10.8. The van der Waals surface area contributed by atoms with Crippen molar-refractivity contribution in [2.24, 2.45) is 0 Å². The van der Waals surface area contributed by atoms with Gasteiger partial charge in [-0.15, -0.1) is 19.7 Å². The van der Waals surface area contributed by atoms with E-state index in [2.05, 4.69) is 19.7 Å². The highest BCUT2D eigenvalue weighted by atomic mass is 16.1. The highest BCUT2D eigenvalue weighted by molar-refractivity contribution is 6.23. The highest BCUT2D eigenvalue weighted by Crippen LogP contribution is 2.26. The summed E-state index contributed by atoms with van der Waals surface area (Å²) >= 11 is 0. The molecule has 0 amide bonds. The molecule has 0 aromatic carbocycles. The molecule has 0 N–H and O–H groups in total. The third-order valence-electron chi connectivity index (χ3n) is 2.59. The Morgan fingerprint density at radius 3 is 1.94 bits per heavy atom. The average Bonchev–Trinajstić information content (AvgIpc) is 2.30. The highest BCUT2D eigenvalue weighted by Gasteiger charge is 2.25. The summed E-state index contributed by atoms with van der Waals surface area (Å²) in [6, 6.07) is 0. The van der Waals surface area contributed by atoms with Crippen molar-refractivity contribution >= 4 is 11.6 Å². The molecule has 0 spiro atoms. The minimum Gasteiger partial charge on any atom is -0.290 e. The van der Waals surface area contributed by atoms with Crippen LogP contribution in [0.3, 0.4) is 0 Å². The second-order valence-corrected chi connectivity index (χ2v) is 3.80. The fraction of sp³-hybridized carbons (Fsp3) is 0.200. The van der Waals surface area contributed by atoms with Crippen molar-refractivity contribution in [3.05, 3.63) is 60.8 Å². The van der Waals surface area contributed by atoms with Gasteiger partial charge < -0.3 is 0 Å². The Balaban J connectivity index is 3.18. The lowest BCUT2D eigenvalue weighted by Gasteiger charge is -2.16. The molecule has 0 atom stereocenters. The van der Waals surface area contributed by atoms with Gasteiger partial charge >= 0.3 is 0 Å². The van der Waals surface area contributed by atoms with Crippen molar-refractivity contribution in [3.8, 4) is 0 Å². The van der Waals surface area contributed by atoms with E-state index in [0.717, 1.165) is 0 Å². The number of carbonyl (C=O) groups is 2. The molecule has 1 aliphatic rings. The summed E-state index contributed by atoms with van der Waals surface area (Å²) < 4.78 is 0. The molecule has 88 valence electrons. The van der Waals surface area contributed by atoms with Gasteiger partial charge in [-0.05, 0) is 25.3 Å². The normalized spacial score (nSPS) is 15.6. The van der Waals surface area contributed by atoms with Gasteiger partial charge in [0.2, 0.25) is 0 Å². The van der Waals surface area contributed by atoms with E-state index in [4.69, 9.17) is 0 Å². The number of rotatable bonds is 6. The van der Waals surface area contributed by atoms with E-state index in [1.54, 1.807) is 18.2 Å². The average molecular weight is 228 g/mol. The third-order valence-corrected chi connectivity index (χ3v) is 2.59. The third kappa shape index (κ3) is 2.78. The van der Waals surface area contributed by atoms with Crippen molar-refractivity contribution in [2.45, 2.75) is 19.3 Å². The number of carbonyl (C=O) groups excluding carboxylic acids is 2. The van der Waals surface area contributed by atoms with E-state index in [1.165, 1.54) is 6.08 Å². The zero-order chi connectivity index (χ0) is 12.8. The molecule has 0 unspecified atom stereocenters. The second-order valence-electron chi connectivity index (χ2n) is 3.80. The Morgan fingerprint density at radius 1 is 0.882 bits per heavy atom. The molecule has 0 bridgehead atoms. The largest absolute Gasteiger partial charge is 0.290 e. The Bertz CT molecular complexity index is 448. The van der Waals surface area contributed by atoms with Crippen LogP contribution in [0.15, 0.2) is 60.8 Å². The predicted molar refractivity (Wildman–Crippen MR) is 69.6 cm³/mol. The maximum Gasteiger partial charge on any atom is 0.186 e. The summed E-state index contributed by atoms with van der Waals surface area (Å²) in [4.78, 5) is 24.0. The molecule has 0 aromatic heterocycles. The minimum absolute atomic E-state index is 0.0683. The van der Waals surface area contributed by atoms with E-state index in [1.807, 2.05) is 0 Å². The quantitative estimate of drug-likeness (QED) is 0.517. The van der Waals surface area contributed by atoms with Gasteiger partial charge in [-0.2, -0.15) is 0 Å². The van der Waals surface area contributed by atoms with Gasteiger partial charge in [0.25, 0.3) is 0 Å². The van der Waals surface area contributed by atoms with Crippen LogP contribution in [0.5, 0.6) is 0 Å². The van der Waals surface area contributed by atoms with Crippen molar-refractivity contribution < 1.29 is 9.59 Å². The van der Waals surface area contributed by atoms with E-state index in [9.17, 15) is 9.59 Å². The second kappa shape index (κ2) is 5.94. The lowest BCUT2D eigenvalue weighted by molar-refractivity contribution is -0.116. The van der Waals surface area contributed by atoms with Gasteiger partial charge in [0.1, 0.15) is 0 Å². The first kappa shape index (κ1) is 13.1. The first-order valence-corrected chi connectivity index (χ1v) is 5.50.